The maximum atomic E-state index is 11.0. The minimum absolute atomic E-state index is 0.0406. The predicted molar refractivity (Wildman–Crippen MR) is 79.1 cm³/mol. The molecule has 1 aliphatic heterocycles. The molecule has 0 aliphatic carbocycles. The summed E-state index contributed by atoms with van der Waals surface area (Å²) in [6.07, 6.45) is 0. The molecule has 3 N–H and O–H groups in total. The highest BCUT2D eigenvalue weighted by molar-refractivity contribution is 5.87. The second-order valence-corrected chi connectivity index (χ2v) is 5.60. The monoisotopic (exact) mass is 278 g/mol. The van der Waals surface area contributed by atoms with E-state index >= 15 is 0 Å². The Hall–Kier alpha value is -1.82. The van der Waals surface area contributed by atoms with Gasteiger partial charge in [-0.2, -0.15) is 0 Å². The van der Waals surface area contributed by atoms with Crippen LogP contribution in [-0.2, 0) is 0 Å². The van der Waals surface area contributed by atoms with Gasteiger partial charge in [0.25, 0.3) is 0 Å². The molecule has 2 heterocycles. The number of carboxylic acid groups (broad SMARTS) is 1. The predicted octanol–water partition coefficient (Wildman–Crippen LogP) is 1.14. The number of aromatic carboxylic acids is 1. The Kier molecular flexibility index (Phi) is 4.44. The van der Waals surface area contributed by atoms with Crippen molar-refractivity contribution in [2.45, 2.75) is 13.8 Å². The van der Waals surface area contributed by atoms with Crippen molar-refractivity contribution >= 4 is 17.5 Å². The lowest BCUT2D eigenvalue weighted by molar-refractivity contribution is 0.0690. The summed E-state index contributed by atoms with van der Waals surface area (Å²) >= 11 is 0. The van der Waals surface area contributed by atoms with Crippen molar-refractivity contribution in [3.05, 3.63) is 17.8 Å². The third-order valence-corrected chi connectivity index (χ3v) is 3.42. The van der Waals surface area contributed by atoms with Gasteiger partial charge in [0.15, 0.2) is 11.5 Å². The summed E-state index contributed by atoms with van der Waals surface area (Å²) in [4.78, 5) is 19.6. The number of pyridine rings is 1. The number of carboxylic acids is 1. The van der Waals surface area contributed by atoms with Crippen LogP contribution in [0.5, 0.6) is 0 Å². The first-order valence-electron chi connectivity index (χ1n) is 6.94. The van der Waals surface area contributed by atoms with Crippen molar-refractivity contribution in [3.63, 3.8) is 0 Å². The van der Waals surface area contributed by atoms with Crippen molar-refractivity contribution in [1.29, 1.82) is 0 Å². The number of aromatic nitrogens is 1. The number of nitrogens with two attached hydrogens (primary N) is 1. The summed E-state index contributed by atoms with van der Waals surface area (Å²) in [7, 11) is 0. The molecule has 1 aliphatic rings. The Bertz CT molecular complexity index is 482. The zero-order chi connectivity index (χ0) is 14.7. The van der Waals surface area contributed by atoms with Crippen LogP contribution >= 0.6 is 0 Å². The average molecular weight is 278 g/mol. The van der Waals surface area contributed by atoms with Crippen LogP contribution < -0.4 is 10.6 Å². The van der Waals surface area contributed by atoms with Gasteiger partial charge in [0.1, 0.15) is 0 Å². The van der Waals surface area contributed by atoms with Gasteiger partial charge in [-0.25, -0.2) is 9.78 Å². The second kappa shape index (κ2) is 6.09. The fourth-order valence-electron chi connectivity index (χ4n) is 2.49. The van der Waals surface area contributed by atoms with Crippen LogP contribution in [-0.4, -0.2) is 53.7 Å². The number of hydrogen-bond acceptors (Lipinski definition) is 5. The molecule has 0 aromatic carbocycles. The molecule has 20 heavy (non-hydrogen) atoms. The number of hydrogen-bond donors (Lipinski definition) is 2. The van der Waals surface area contributed by atoms with Gasteiger partial charge in [-0.05, 0) is 18.1 Å². The number of anilines is 2. The van der Waals surface area contributed by atoms with Crippen LogP contribution in [0.15, 0.2) is 12.1 Å². The minimum Gasteiger partial charge on any atom is -0.477 e. The van der Waals surface area contributed by atoms with E-state index in [2.05, 4.69) is 28.6 Å². The molecule has 6 nitrogen and oxygen atoms in total. The number of rotatable bonds is 4. The van der Waals surface area contributed by atoms with E-state index in [9.17, 15) is 4.79 Å². The Balaban J connectivity index is 2.06. The molecule has 1 aromatic heterocycles. The molecule has 110 valence electrons. The van der Waals surface area contributed by atoms with E-state index in [4.69, 9.17) is 10.8 Å². The molecule has 2 rings (SSSR count). The lowest BCUT2D eigenvalue weighted by Gasteiger charge is -2.36. The zero-order valence-corrected chi connectivity index (χ0v) is 12.0. The first-order chi connectivity index (χ1) is 9.47. The molecule has 0 radical (unpaired) electrons. The minimum atomic E-state index is -1.02. The largest absolute Gasteiger partial charge is 0.477 e. The lowest BCUT2D eigenvalue weighted by atomic mass is 10.2. The normalized spacial score (nSPS) is 16.6. The van der Waals surface area contributed by atoms with Crippen LogP contribution in [0, 0.1) is 5.92 Å². The van der Waals surface area contributed by atoms with Gasteiger partial charge < -0.3 is 15.7 Å². The highest BCUT2D eigenvalue weighted by atomic mass is 16.4. The lowest BCUT2D eigenvalue weighted by Crippen LogP contribution is -2.48. The molecule has 1 fully saturated rings. The topological polar surface area (TPSA) is 82.7 Å². The summed E-state index contributed by atoms with van der Waals surface area (Å²) in [5, 5.41) is 9.01. The standard InChI is InChI=1S/C14H22N4O2/c1-10(2)9-17-5-7-18(8-6-17)13-11(15)3-4-12(16-13)14(19)20/h3-4,10H,5-9,15H2,1-2H3,(H,19,20). The fraction of sp³-hybridized carbons (Fsp3) is 0.571. The maximum Gasteiger partial charge on any atom is 0.354 e. The molecule has 0 saturated carbocycles. The van der Waals surface area contributed by atoms with Crippen molar-refractivity contribution in [1.82, 2.24) is 9.88 Å². The van der Waals surface area contributed by atoms with Gasteiger partial charge in [-0.3, -0.25) is 4.90 Å². The first kappa shape index (κ1) is 14.6. The van der Waals surface area contributed by atoms with Crippen molar-refractivity contribution in [3.8, 4) is 0 Å². The molecule has 0 atom stereocenters. The quantitative estimate of drug-likeness (QED) is 0.859. The van der Waals surface area contributed by atoms with Crippen molar-refractivity contribution < 1.29 is 9.90 Å². The smallest absolute Gasteiger partial charge is 0.354 e. The molecular formula is C14H22N4O2. The van der Waals surface area contributed by atoms with Gasteiger partial charge >= 0.3 is 5.97 Å². The Morgan fingerprint density at radius 3 is 2.55 bits per heavy atom. The number of piperazine rings is 1. The Morgan fingerprint density at radius 2 is 2.00 bits per heavy atom. The van der Waals surface area contributed by atoms with Gasteiger partial charge in [-0.1, -0.05) is 13.8 Å². The molecule has 6 heteroatoms. The molecule has 0 unspecified atom stereocenters. The van der Waals surface area contributed by atoms with E-state index < -0.39 is 5.97 Å². The third kappa shape index (κ3) is 3.39. The zero-order valence-electron chi connectivity index (χ0n) is 12.0. The number of carbonyl (C=O) groups is 1. The van der Waals surface area contributed by atoms with Crippen molar-refractivity contribution in [2.24, 2.45) is 5.92 Å². The molecule has 1 aromatic rings. The van der Waals surface area contributed by atoms with Crippen LogP contribution in [0.25, 0.3) is 0 Å². The molecule has 0 bridgehead atoms. The van der Waals surface area contributed by atoms with Crippen LogP contribution in [0.3, 0.4) is 0 Å². The SMILES string of the molecule is CC(C)CN1CCN(c2nc(C(=O)O)ccc2N)CC1. The maximum absolute atomic E-state index is 11.0. The molecular weight excluding hydrogens is 256 g/mol. The summed E-state index contributed by atoms with van der Waals surface area (Å²) in [5.74, 6) is 0.221. The molecule has 0 spiro atoms. The average Bonchev–Trinajstić information content (AvgIpc) is 2.39. The van der Waals surface area contributed by atoms with E-state index in [-0.39, 0.29) is 5.69 Å². The molecule has 0 amide bonds. The third-order valence-electron chi connectivity index (χ3n) is 3.42. The van der Waals surface area contributed by atoms with E-state index in [1.807, 2.05) is 0 Å². The van der Waals surface area contributed by atoms with Gasteiger partial charge in [0.2, 0.25) is 0 Å². The van der Waals surface area contributed by atoms with Gasteiger partial charge in [0.05, 0.1) is 5.69 Å². The highest BCUT2D eigenvalue weighted by Gasteiger charge is 2.21. The first-order valence-corrected chi connectivity index (χ1v) is 6.94. The second-order valence-electron chi connectivity index (χ2n) is 5.60. The Morgan fingerprint density at radius 1 is 1.35 bits per heavy atom. The summed E-state index contributed by atoms with van der Waals surface area (Å²) in [5.41, 5.74) is 6.50. The molecule has 1 saturated heterocycles. The fourth-order valence-corrected chi connectivity index (χ4v) is 2.49. The van der Waals surface area contributed by atoms with Crippen LogP contribution in [0.4, 0.5) is 11.5 Å². The Labute approximate surface area is 119 Å². The summed E-state index contributed by atoms with van der Waals surface area (Å²) < 4.78 is 0. The highest BCUT2D eigenvalue weighted by Crippen LogP contribution is 2.22. The van der Waals surface area contributed by atoms with E-state index in [0.29, 0.717) is 17.4 Å². The number of nitrogen functional groups attached to an aromatic ring is 1. The van der Waals surface area contributed by atoms with Crippen molar-refractivity contribution in [2.75, 3.05) is 43.4 Å². The van der Waals surface area contributed by atoms with Crippen LogP contribution in [0.2, 0.25) is 0 Å². The van der Waals surface area contributed by atoms with Crippen LogP contribution in [0.1, 0.15) is 24.3 Å². The van der Waals surface area contributed by atoms with E-state index in [1.165, 1.54) is 6.07 Å². The summed E-state index contributed by atoms with van der Waals surface area (Å²) in [6, 6.07) is 3.06. The number of nitrogens with zero attached hydrogens (tertiary/aromatic N) is 3. The summed E-state index contributed by atoms with van der Waals surface area (Å²) in [6.45, 7) is 9.07. The van der Waals surface area contributed by atoms with Gasteiger partial charge in [0, 0.05) is 32.7 Å². The van der Waals surface area contributed by atoms with E-state index in [1.54, 1.807) is 6.07 Å². The van der Waals surface area contributed by atoms with Gasteiger partial charge in [-0.15, -0.1) is 0 Å². The van der Waals surface area contributed by atoms with E-state index in [0.717, 1.165) is 32.7 Å².